The van der Waals surface area contributed by atoms with Crippen molar-refractivity contribution in [3.8, 4) is 5.75 Å². The summed E-state index contributed by atoms with van der Waals surface area (Å²) >= 11 is 6.10. The Kier molecular flexibility index (Phi) is 6.02. The number of ether oxygens (including phenoxy) is 1. The Morgan fingerprint density at radius 1 is 1.03 bits per heavy atom. The van der Waals surface area contributed by atoms with Gasteiger partial charge in [0.15, 0.2) is 0 Å². The first kappa shape index (κ1) is 22.5. The summed E-state index contributed by atoms with van der Waals surface area (Å²) < 4.78 is 5.29. The Balaban J connectivity index is 1.36. The van der Waals surface area contributed by atoms with Crippen molar-refractivity contribution in [2.24, 2.45) is 0 Å². The van der Waals surface area contributed by atoms with Crippen LogP contribution in [0.15, 0.2) is 48.5 Å². The van der Waals surface area contributed by atoms with E-state index in [0.717, 1.165) is 68.6 Å². The van der Waals surface area contributed by atoms with Crippen LogP contribution in [0.1, 0.15) is 44.1 Å². The van der Waals surface area contributed by atoms with E-state index in [1.54, 1.807) is 7.11 Å². The average molecular weight is 470 g/mol. The number of halogens is 1. The smallest absolute Gasteiger partial charge is 0.247 e. The lowest BCUT2D eigenvalue weighted by atomic mass is 9.73. The van der Waals surface area contributed by atoms with E-state index < -0.39 is 11.1 Å². The summed E-state index contributed by atoms with van der Waals surface area (Å²) in [5.74, 6) is 0.912. The van der Waals surface area contributed by atoms with Crippen molar-refractivity contribution >= 4 is 23.2 Å². The van der Waals surface area contributed by atoms with Crippen LogP contribution in [0.25, 0.3) is 0 Å². The zero-order valence-electron chi connectivity index (χ0n) is 19.1. The number of carbonyl (C=O) groups excluding carboxylic acids is 1. The molecular formula is C26H32ClN3O3. The van der Waals surface area contributed by atoms with E-state index in [-0.39, 0.29) is 11.9 Å². The molecule has 2 aromatic rings. The second-order valence-electron chi connectivity index (χ2n) is 9.55. The normalized spacial score (nSPS) is 27.5. The van der Waals surface area contributed by atoms with E-state index in [0.29, 0.717) is 11.7 Å². The van der Waals surface area contributed by atoms with Crippen molar-refractivity contribution in [3.05, 3.63) is 59.1 Å². The lowest BCUT2D eigenvalue weighted by molar-refractivity contribution is -0.127. The largest absolute Gasteiger partial charge is 0.497 e. The maximum atomic E-state index is 13.1. The van der Waals surface area contributed by atoms with E-state index >= 15 is 0 Å². The topological polar surface area (TPSA) is 65.0 Å². The first-order valence-electron chi connectivity index (χ1n) is 11.9. The van der Waals surface area contributed by atoms with Crippen LogP contribution >= 0.6 is 11.6 Å². The summed E-state index contributed by atoms with van der Waals surface area (Å²) in [6.45, 7) is 2.07. The molecule has 33 heavy (non-hydrogen) atoms. The number of likely N-dealkylation sites (tertiary alicyclic amines) is 1. The number of amides is 1. The second kappa shape index (κ2) is 8.82. The summed E-state index contributed by atoms with van der Waals surface area (Å²) in [7, 11) is 1.66. The summed E-state index contributed by atoms with van der Waals surface area (Å²) in [6.07, 6.45) is 5.30. The molecule has 2 N–H and O–H groups in total. The van der Waals surface area contributed by atoms with Crippen LogP contribution in [0.5, 0.6) is 5.75 Å². The number of rotatable bonds is 4. The van der Waals surface area contributed by atoms with Gasteiger partial charge >= 0.3 is 0 Å². The van der Waals surface area contributed by atoms with Crippen molar-refractivity contribution < 1.29 is 14.6 Å². The van der Waals surface area contributed by atoms with Crippen LogP contribution in [0.2, 0.25) is 5.02 Å². The highest BCUT2D eigenvalue weighted by molar-refractivity contribution is 6.30. The van der Waals surface area contributed by atoms with Crippen LogP contribution in [-0.2, 0) is 10.4 Å². The van der Waals surface area contributed by atoms with Crippen molar-refractivity contribution in [1.82, 2.24) is 10.2 Å². The number of aliphatic hydroxyl groups is 1. The molecule has 2 heterocycles. The van der Waals surface area contributed by atoms with Gasteiger partial charge in [0.25, 0.3) is 0 Å². The third-order valence-corrected chi connectivity index (χ3v) is 8.22. The van der Waals surface area contributed by atoms with E-state index in [9.17, 15) is 9.90 Å². The first-order chi connectivity index (χ1) is 16.0. The Labute approximate surface area is 200 Å². The number of nitrogens with one attached hydrogen (secondary N) is 1. The molecule has 1 spiro atoms. The van der Waals surface area contributed by atoms with E-state index in [1.807, 2.05) is 48.5 Å². The van der Waals surface area contributed by atoms with E-state index in [4.69, 9.17) is 16.3 Å². The minimum absolute atomic E-state index is 0.0451. The molecule has 0 radical (unpaired) electrons. The van der Waals surface area contributed by atoms with Gasteiger partial charge in [0, 0.05) is 29.8 Å². The van der Waals surface area contributed by atoms with Gasteiger partial charge in [0.05, 0.1) is 13.8 Å². The van der Waals surface area contributed by atoms with Gasteiger partial charge in [0.1, 0.15) is 16.9 Å². The van der Waals surface area contributed by atoms with Crippen LogP contribution in [0, 0.1) is 0 Å². The minimum Gasteiger partial charge on any atom is -0.497 e. The molecular weight excluding hydrogens is 438 g/mol. The summed E-state index contributed by atoms with van der Waals surface area (Å²) in [5.41, 5.74) is 0.535. The highest BCUT2D eigenvalue weighted by Crippen LogP contribution is 2.44. The maximum Gasteiger partial charge on any atom is 0.247 e. The molecule has 2 atom stereocenters. The van der Waals surface area contributed by atoms with Crippen molar-refractivity contribution in [1.29, 1.82) is 0 Å². The third kappa shape index (κ3) is 3.88. The Morgan fingerprint density at radius 3 is 2.39 bits per heavy atom. The molecule has 1 saturated carbocycles. The van der Waals surface area contributed by atoms with Gasteiger partial charge in [-0.3, -0.25) is 9.69 Å². The highest BCUT2D eigenvalue weighted by atomic mass is 35.5. The van der Waals surface area contributed by atoms with Gasteiger partial charge in [-0.1, -0.05) is 36.6 Å². The van der Waals surface area contributed by atoms with Gasteiger partial charge in [-0.2, -0.15) is 0 Å². The number of hydrogen-bond acceptors (Lipinski definition) is 5. The Hall–Kier alpha value is -2.28. The maximum absolute atomic E-state index is 13.1. The molecule has 6 nitrogen and oxygen atoms in total. The number of hydrogen-bond donors (Lipinski definition) is 2. The molecule has 7 heteroatoms. The molecule has 2 aromatic carbocycles. The Morgan fingerprint density at radius 2 is 1.73 bits per heavy atom. The molecule has 0 bridgehead atoms. The molecule has 2 aliphatic heterocycles. The van der Waals surface area contributed by atoms with Crippen molar-refractivity contribution in [2.45, 2.75) is 55.7 Å². The number of benzene rings is 2. The van der Waals surface area contributed by atoms with Crippen LogP contribution in [0.3, 0.4) is 0 Å². The molecule has 2 unspecified atom stereocenters. The molecule has 5 rings (SSSR count). The fourth-order valence-electron chi connectivity index (χ4n) is 6.09. The minimum atomic E-state index is -0.888. The molecule has 176 valence electrons. The SMILES string of the molecule is COc1ccc(N2CNC(=O)C23CCN(C2CCCCC2(O)c2ccc(Cl)cc2)CC3)cc1. The van der Waals surface area contributed by atoms with Crippen LogP contribution in [-0.4, -0.2) is 54.4 Å². The van der Waals surface area contributed by atoms with Gasteiger partial charge in [0.2, 0.25) is 5.91 Å². The molecule has 3 aliphatic rings. The molecule has 0 aromatic heterocycles. The molecule has 3 fully saturated rings. The average Bonchev–Trinajstić information content (AvgIpc) is 3.16. The molecule has 1 aliphatic carbocycles. The van der Waals surface area contributed by atoms with Gasteiger partial charge < -0.3 is 20.1 Å². The second-order valence-corrected chi connectivity index (χ2v) is 9.99. The predicted molar refractivity (Wildman–Crippen MR) is 130 cm³/mol. The first-order valence-corrected chi connectivity index (χ1v) is 12.3. The number of nitrogens with zero attached hydrogens (tertiary/aromatic N) is 2. The molecule has 1 amide bonds. The summed E-state index contributed by atoms with van der Waals surface area (Å²) in [6, 6.07) is 15.6. The van der Waals surface area contributed by atoms with Gasteiger partial charge in [-0.25, -0.2) is 0 Å². The van der Waals surface area contributed by atoms with Crippen molar-refractivity contribution in [3.63, 3.8) is 0 Å². The van der Waals surface area contributed by atoms with Gasteiger partial charge in [-0.05, 0) is 67.6 Å². The lowest BCUT2D eigenvalue weighted by Gasteiger charge is -2.51. The summed E-state index contributed by atoms with van der Waals surface area (Å²) in [5, 5.41) is 15.6. The number of piperidine rings is 1. The zero-order chi connectivity index (χ0) is 23.1. The lowest BCUT2D eigenvalue weighted by Crippen LogP contribution is -2.61. The van der Waals surface area contributed by atoms with E-state index in [1.165, 1.54) is 0 Å². The third-order valence-electron chi connectivity index (χ3n) is 7.97. The van der Waals surface area contributed by atoms with Gasteiger partial charge in [-0.15, -0.1) is 0 Å². The number of anilines is 1. The number of carbonyl (C=O) groups is 1. The van der Waals surface area contributed by atoms with Crippen LogP contribution in [0.4, 0.5) is 5.69 Å². The predicted octanol–water partition coefficient (Wildman–Crippen LogP) is 3.91. The number of methoxy groups -OCH3 is 1. The zero-order valence-corrected chi connectivity index (χ0v) is 19.9. The quantitative estimate of drug-likeness (QED) is 0.710. The molecule has 2 saturated heterocycles. The standard InChI is InChI=1S/C26H32ClN3O3/c1-33-22-11-9-21(10-12-22)30-18-28-24(31)25(30)14-16-29(17-15-25)23-4-2-3-13-26(23,32)19-5-7-20(27)8-6-19/h5-12,23,32H,2-4,13-18H2,1H3,(H,28,31). The highest BCUT2D eigenvalue weighted by Gasteiger charge is 2.53. The summed E-state index contributed by atoms with van der Waals surface area (Å²) in [4.78, 5) is 17.7. The monoisotopic (exact) mass is 469 g/mol. The van der Waals surface area contributed by atoms with E-state index in [2.05, 4.69) is 15.1 Å². The van der Waals surface area contributed by atoms with Crippen LogP contribution < -0.4 is 15.0 Å². The fourth-order valence-corrected chi connectivity index (χ4v) is 6.22. The fraction of sp³-hybridized carbons (Fsp3) is 0.500. The van der Waals surface area contributed by atoms with Crippen molar-refractivity contribution in [2.75, 3.05) is 31.8 Å². The Bertz CT molecular complexity index is 989.